The molecular formula is C13H8N6O3. The molecule has 4 N–H and O–H groups in total. The van der Waals surface area contributed by atoms with Gasteiger partial charge in [-0.3, -0.25) is 24.3 Å². The first kappa shape index (κ1) is 12.3. The predicted molar refractivity (Wildman–Crippen MR) is 75.7 cm³/mol. The molecule has 9 nitrogen and oxygen atoms in total. The van der Waals surface area contributed by atoms with Crippen LogP contribution in [-0.4, -0.2) is 31.8 Å². The molecule has 108 valence electrons. The Labute approximate surface area is 121 Å². The second-order valence-electron chi connectivity index (χ2n) is 4.77. The van der Waals surface area contributed by atoms with E-state index in [1.165, 1.54) is 0 Å². The summed E-state index contributed by atoms with van der Waals surface area (Å²) in [6, 6.07) is 6.00. The first-order valence-corrected chi connectivity index (χ1v) is 6.28. The number of hydrogen-bond acceptors (Lipinski definition) is 6. The van der Waals surface area contributed by atoms with Crippen molar-refractivity contribution in [3.05, 3.63) is 45.7 Å². The number of nitrogen functional groups attached to an aromatic ring is 1. The molecule has 1 aliphatic rings. The van der Waals surface area contributed by atoms with Gasteiger partial charge in [0.05, 0.1) is 16.8 Å². The largest absolute Gasteiger partial charge is 0.384 e. The van der Waals surface area contributed by atoms with E-state index in [4.69, 9.17) is 5.73 Å². The molecule has 3 aromatic rings. The van der Waals surface area contributed by atoms with Crippen LogP contribution in [0.15, 0.2) is 29.1 Å². The zero-order valence-electron chi connectivity index (χ0n) is 11.0. The van der Waals surface area contributed by atoms with Gasteiger partial charge in [0.2, 0.25) is 0 Å². The second kappa shape index (κ2) is 4.01. The molecule has 2 aromatic heterocycles. The third-order valence-corrected chi connectivity index (χ3v) is 3.51. The molecule has 1 aromatic carbocycles. The number of H-pyrrole nitrogens is 1. The molecule has 0 atom stereocenters. The molecule has 0 bridgehead atoms. The van der Waals surface area contributed by atoms with Gasteiger partial charge in [-0.15, -0.1) is 0 Å². The topological polar surface area (TPSA) is 136 Å². The number of aromatic nitrogens is 4. The number of nitrogens with one attached hydrogen (secondary N) is 2. The summed E-state index contributed by atoms with van der Waals surface area (Å²) >= 11 is 0. The van der Waals surface area contributed by atoms with Crippen LogP contribution in [-0.2, 0) is 0 Å². The standard InChI is InChI=1S/C13H8N6O3/c14-11-10-6(12(21)15-13(10)22)4-9(20)19(11)5-1-2-7-8(3-5)17-18-16-7/h1-4H,14H2,(H,15,21,22)(H,16,17,18). The summed E-state index contributed by atoms with van der Waals surface area (Å²) in [6.07, 6.45) is 0. The maximum atomic E-state index is 12.3. The van der Waals surface area contributed by atoms with Crippen molar-refractivity contribution < 1.29 is 9.59 Å². The van der Waals surface area contributed by atoms with Crippen LogP contribution >= 0.6 is 0 Å². The number of imide groups is 1. The van der Waals surface area contributed by atoms with Gasteiger partial charge in [-0.1, -0.05) is 0 Å². The molecule has 0 spiro atoms. The third kappa shape index (κ3) is 1.50. The molecule has 0 aliphatic carbocycles. The van der Waals surface area contributed by atoms with Gasteiger partial charge in [0.1, 0.15) is 16.9 Å². The Balaban J connectivity index is 2.03. The van der Waals surface area contributed by atoms with Crippen LogP contribution in [0.2, 0.25) is 0 Å². The van der Waals surface area contributed by atoms with E-state index >= 15 is 0 Å². The normalized spacial score (nSPS) is 13.5. The van der Waals surface area contributed by atoms with Gasteiger partial charge in [-0.2, -0.15) is 15.4 Å². The molecule has 2 amide bonds. The molecule has 3 heterocycles. The van der Waals surface area contributed by atoms with Crippen LogP contribution in [0, 0.1) is 0 Å². The zero-order valence-corrected chi connectivity index (χ0v) is 11.0. The minimum Gasteiger partial charge on any atom is -0.384 e. The number of carbonyl (C=O) groups excluding carboxylic acids is 2. The van der Waals surface area contributed by atoms with Crippen molar-refractivity contribution in [2.45, 2.75) is 0 Å². The number of carbonyl (C=O) groups is 2. The molecule has 0 saturated heterocycles. The fourth-order valence-electron chi connectivity index (χ4n) is 2.51. The molecule has 9 heteroatoms. The lowest BCUT2D eigenvalue weighted by atomic mass is 10.1. The Kier molecular flexibility index (Phi) is 2.23. The lowest BCUT2D eigenvalue weighted by Gasteiger charge is -2.11. The summed E-state index contributed by atoms with van der Waals surface area (Å²) in [7, 11) is 0. The van der Waals surface area contributed by atoms with Gasteiger partial charge < -0.3 is 5.73 Å². The van der Waals surface area contributed by atoms with Gasteiger partial charge in [0.25, 0.3) is 17.4 Å². The monoisotopic (exact) mass is 296 g/mol. The summed E-state index contributed by atoms with van der Waals surface area (Å²) in [5.41, 5.74) is 7.04. The van der Waals surface area contributed by atoms with Crippen molar-refractivity contribution in [2.75, 3.05) is 5.73 Å². The molecule has 22 heavy (non-hydrogen) atoms. The van der Waals surface area contributed by atoms with E-state index < -0.39 is 17.4 Å². The Morgan fingerprint density at radius 2 is 1.77 bits per heavy atom. The van der Waals surface area contributed by atoms with Crippen molar-refractivity contribution in [1.29, 1.82) is 0 Å². The van der Waals surface area contributed by atoms with E-state index in [1.807, 2.05) is 0 Å². The van der Waals surface area contributed by atoms with E-state index in [0.717, 1.165) is 10.6 Å². The summed E-state index contributed by atoms with van der Waals surface area (Å²) in [5, 5.41) is 12.4. The van der Waals surface area contributed by atoms with E-state index in [9.17, 15) is 14.4 Å². The Bertz CT molecular complexity index is 1030. The SMILES string of the molecule is Nc1c2c(cc(=O)n1-c1ccc3n[nH]nc3c1)C(=O)NC2=O. The van der Waals surface area contributed by atoms with Crippen molar-refractivity contribution >= 4 is 28.7 Å². The summed E-state index contributed by atoms with van der Waals surface area (Å²) < 4.78 is 1.16. The Morgan fingerprint density at radius 3 is 2.59 bits per heavy atom. The van der Waals surface area contributed by atoms with Crippen molar-refractivity contribution in [3.8, 4) is 5.69 Å². The highest BCUT2D eigenvalue weighted by Crippen LogP contribution is 2.23. The minimum absolute atomic E-state index is 0.00449. The molecule has 4 rings (SSSR count). The quantitative estimate of drug-likeness (QED) is 0.521. The van der Waals surface area contributed by atoms with Crippen LogP contribution in [0.25, 0.3) is 16.7 Å². The predicted octanol–water partition coefficient (Wildman–Crippen LogP) is -0.425. The van der Waals surface area contributed by atoms with Gasteiger partial charge in [-0.05, 0) is 18.2 Å². The Morgan fingerprint density at radius 1 is 1.00 bits per heavy atom. The number of hydrogen-bond donors (Lipinski definition) is 3. The van der Waals surface area contributed by atoms with Gasteiger partial charge >= 0.3 is 0 Å². The molecule has 0 saturated carbocycles. The van der Waals surface area contributed by atoms with Crippen LogP contribution in [0.4, 0.5) is 5.82 Å². The van der Waals surface area contributed by atoms with Crippen molar-refractivity contribution in [1.82, 2.24) is 25.3 Å². The Hall–Kier alpha value is -3.49. The van der Waals surface area contributed by atoms with Crippen LogP contribution in [0.3, 0.4) is 0 Å². The van der Waals surface area contributed by atoms with Crippen LogP contribution in [0.1, 0.15) is 20.7 Å². The number of aromatic amines is 1. The number of amides is 2. The summed E-state index contributed by atoms with van der Waals surface area (Å²) in [4.78, 5) is 35.7. The van der Waals surface area contributed by atoms with Crippen LogP contribution in [0.5, 0.6) is 0 Å². The highest BCUT2D eigenvalue weighted by molar-refractivity contribution is 6.23. The summed E-state index contributed by atoms with van der Waals surface area (Å²) in [5.74, 6) is -1.33. The van der Waals surface area contributed by atoms with Gasteiger partial charge in [0.15, 0.2) is 0 Å². The molecule has 1 aliphatic heterocycles. The molecule has 0 fully saturated rings. The van der Waals surface area contributed by atoms with E-state index in [-0.39, 0.29) is 16.9 Å². The molecule has 0 radical (unpaired) electrons. The highest BCUT2D eigenvalue weighted by atomic mass is 16.2. The van der Waals surface area contributed by atoms with E-state index in [1.54, 1.807) is 18.2 Å². The average molecular weight is 296 g/mol. The van der Waals surface area contributed by atoms with Gasteiger partial charge in [-0.25, -0.2) is 0 Å². The molecular weight excluding hydrogens is 288 g/mol. The number of pyridine rings is 1. The third-order valence-electron chi connectivity index (χ3n) is 3.51. The fourth-order valence-corrected chi connectivity index (χ4v) is 2.51. The van der Waals surface area contributed by atoms with Crippen LogP contribution < -0.4 is 16.6 Å². The van der Waals surface area contributed by atoms with E-state index in [0.29, 0.717) is 16.7 Å². The first-order valence-electron chi connectivity index (χ1n) is 6.28. The number of nitrogens with two attached hydrogens (primary N) is 1. The minimum atomic E-state index is -0.622. The lowest BCUT2D eigenvalue weighted by Crippen LogP contribution is -2.24. The number of anilines is 1. The zero-order chi connectivity index (χ0) is 15.4. The molecule has 0 unspecified atom stereocenters. The lowest BCUT2D eigenvalue weighted by molar-refractivity contribution is 0.0880. The first-order chi connectivity index (χ1) is 10.6. The average Bonchev–Trinajstić information content (AvgIpc) is 3.03. The highest BCUT2D eigenvalue weighted by Gasteiger charge is 2.31. The smallest absolute Gasteiger partial charge is 0.262 e. The van der Waals surface area contributed by atoms with Crippen molar-refractivity contribution in [2.24, 2.45) is 0 Å². The second-order valence-corrected chi connectivity index (χ2v) is 4.77. The van der Waals surface area contributed by atoms with E-state index in [2.05, 4.69) is 20.7 Å². The maximum Gasteiger partial charge on any atom is 0.262 e. The maximum absolute atomic E-state index is 12.3. The van der Waals surface area contributed by atoms with Crippen molar-refractivity contribution in [3.63, 3.8) is 0 Å². The number of fused-ring (bicyclic) bond motifs is 2. The number of benzene rings is 1. The number of rotatable bonds is 1. The number of nitrogens with zero attached hydrogens (tertiary/aromatic N) is 3. The summed E-state index contributed by atoms with van der Waals surface area (Å²) in [6.45, 7) is 0. The fraction of sp³-hybridized carbons (Fsp3) is 0. The van der Waals surface area contributed by atoms with Gasteiger partial charge in [0, 0.05) is 6.07 Å².